The summed E-state index contributed by atoms with van der Waals surface area (Å²) in [5.74, 6) is 3.95. The molecule has 4 aliphatic rings. The average Bonchev–Trinajstić information content (AvgIpc) is 2.96. The van der Waals surface area contributed by atoms with Gasteiger partial charge in [-0.2, -0.15) is 0 Å². The summed E-state index contributed by atoms with van der Waals surface area (Å²) in [6.07, 6.45) is 12.1. The van der Waals surface area contributed by atoms with Crippen LogP contribution >= 0.6 is 0 Å². The van der Waals surface area contributed by atoms with Crippen molar-refractivity contribution in [2.24, 2.45) is 40.4 Å². The van der Waals surface area contributed by atoms with Gasteiger partial charge in [-0.3, -0.25) is 0 Å². The van der Waals surface area contributed by atoms with Gasteiger partial charge >= 0.3 is 0 Å². The van der Waals surface area contributed by atoms with Gasteiger partial charge < -0.3 is 13.3 Å². The van der Waals surface area contributed by atoms with Crippen LogP contribution in [0.25, 0.3) is 0 Å². The molecule has 0 heterocycles. The minimum Gasteiger partial charge on any atom is -0.415 e. The van der Waals surface area contributed by atoms with Crippen molar-refractivity contribution in [1.29, 1.82) is 0 Å². The molecule has 210 valence electrons. The Bertz CT molecular complexity index is 784. The molecule has 0 amide bonds. The highest BCUT2D eigenvalue weighted by Gasteiger charge is 2.64. The van der Waals surface area contributed by atoms with E-state index in [2.05, 4.69) is 79.7 Å². The summed E-state index contributed by atoms with van der Waals surface area (Å²) in [6, 6.07) is 0. The molecule has 4 aliphatic carbocycles. The second-order valence-electron chi connectivity index (χ2n) is 16.8. The maximum absolute atomic E-state index is 7.04. The van der Waals surface area contributed by atoms with E-state index in [9.17, 15) is 0 Å². The summed E-state index contributed by atoms with van der Waals surface area (Å²) in [4.78, 5) is 0. The van der Waals surface area contributed by atoms with Gasteiger partial charge in [0.05, 0.1) is 6.10 Å². The highest BCUT2D eigenvalue weighted by atomic mass is 28.4. The van der Waals surface area contributed by atoms with E-state index in [0.29, 0.717) is 35.1 Å². The molecule has 0 N–H and O–H groups in total. The quantitative estimate of drug-likeness (QED) is 0.295. The van der Waals surface area contributed by atoms with Crippen molar-refractivity contribution in [2.75, 3.05) is 0 Å². The molecule has 3 nitrogen and oxygen atoms in total. The fourth-order valence-electron chi connectivity index (χ4n) is 9.90. The standard InChI is InChI=1S/C30H60O3Si3/c1-21(31-34(4,5)6)28-27(33-36(10,11)12)20-26-24-14-13-22-19-23(32-35(7,8)9)15-17-29(22,2)25(24)16-18-30(26,28)3/h21-28H,13-20H2,1-12H3/t21-,22-,23+,24?,25?,26?,27+,28-,29-,30-/m0/s1. The van der Waals surface area contributed by atoms with Crippen molar-refractivity contribution in [2.45, 2.75) is 149 Å². The number of hydrogen-bond acceptors (Lipinski definition) is 3. The predicted octanol–water partition coefficient (Wildman–Crippen LogP) is 8.94. The molecule has 0 radical (unpaired) electrons. The molecule has 4 fully saturated rings. The molecule has 36 heavy (non-hydrogen) atoms. The van der Waals surface area contributed by atoms with E-state index in [4.69, 9.17) is 13.3 Å². The van der Waals surface area contributed by atoms with Crippen LogP contribution in [0.5, 0.6) is 0 Å². The van der Waals surface area contributed by atoms with E-state index in [-0.39, 0.29) is 0 Å². The van der Waals surface area contributed by atoms with Crippen LogP contribution in [0.4, 0.5) is 0 Å². The maximum atomic E-state index is 7.04. The Hall–Kier alpha value is 0.531. The van der Waals surface area contributed by atoms with Gasteiger partial charge in [-0.15, -0.1) is 0 Å². The first-order valence-corrected chi connectivity index (χ1v) is 25.6. The lowest BCUT2D eigenvalue weighted by Crippen LogP contribution is -2.55. The molecule has 4 rings (SSSR count). The van der Waals surface area contributed by atoms with Crippen LogP contribution in [-0.2, 0) is 13.3 Å². The maximum Gasteiger partial charge on any atom is 0.184 e. The van der Waals surface area contributed by atoms with Gasteiger partial charge in [-0.1, -0.05) is 13.8 Å². The third-order valence-electron chi connectivity index (χ3n) is 10.8. The lowest BCUT2D eigenvalue weighted by molar-refractivity contribution is -0.131. The van der Waals surface area contributed by atoms with Crippen LogP contribution in [0.3, 0.4) is 0 Å². The zero-order valence-electron chi connectivity index (χ0n) is 26.0. The molecule has 3 unspecified atom stereocenters. The van der Waals surface area contributed by atoms with Gasteiger partial charge in [0.25, 0.3) is 0 Å². The smallest absolute Gasteiger partial charge is 0.184 e. The first-order chi connectivity index (χ1) is 16.3. The lowest BCUT2D eigenvalue weighted by atomic mass is 9.44. The monoisotopic (exact) mass is 552 g/mol. The number of hydrogen-bond donors (Lipinski definition) is 0. The van der Waals surface area contributed by atoms with Gasteiger partial charge in [0.1, 0.15) is 0 Å². The summed E-state index contributed by atoms with van der Waals surface area (Å²) in [7, 11) is -4.72. The fraction of sp³-hybridized carbons (Fsp3) is 1.00. The van der Waals surface area contributed by atoms with Crippen LogP contribution in [0.15, 0.2) is 0 Å². The Morgan fingerprint density at radius 2 is 1.28 bits per heavy atom. The molecule has 0 aromatic carbocycles. The molecule has 10 atom stereocenters. The highest BCUT2D eigenvalue weighted by Crippen LogP contribution is 2.68. The van der Waals surface area contributed by atoms with Crippen LogP contribution in [-0.4, -0.2) is 43.3 Å². The van der Waals surface area contributed by atoms with E-state index >= 15 is 0 Å². The normalized spacial score (nSPS) is 44.5. The summed E-state index contributed by atoms with van der Waals surface area (Å²) in [5.41, 5.74) is 0.864. The Kier molecular flexibility index (Phi) is 8.09. The van der Waals surface area contributed by atoms with Crippen LogP contribution in [0, 0.1) is 40.4 Å². The molecular weight excluding hydrogens is 493 g/mol. The summed E-state index contributed by atoms with van der Waals surface area (Å²) >= 11 is 0. The van der Waals surface area contributed by atoms with Gasteiger partial charge in [0.2, 0.25) is 0 Å². The average molecular weight is 553 g/mol. The van der Waals surface area contributed by atoms with Crippen molar-refractivity contribution in [3.63, 3.8) is 0 Å². The van der Waals surface area contributed by atoms with Crippen molar-refractivity contribution >= 4 is 25.0 Å². The zero-order valence-corrected chi connectivity index (χ0v) is 29.0. The number of fused-ring (bicyclic) bond motifs is 5. The Morgan fingerprint density at radius 3 is 1.86 bits per heavy atom. The zero-order chi connectivity index (χ0) is 26.9. The Balaban J connectivity index is 1.57. The van der Waals surface area contributed by atoms with Gasteiger partial charge in [0.15, 0.2) is 25.0 Å². The van der Waals surface area contributed by atoms with E-state index in [1.807, 2.05) is 0 Å². The van der Waals surface area contributed by atoms with Crippen molar-refractivity contribution in [3.8, 4) is 0 Å². The molecule has 0 aliphatic heterocycles. The highest BCUT2D eigenvalue weighted by molar-refractivity contribution is 6.70. The van der Waals surface area contributed by atoms with Gasteiger partial charge in [-0.05, 0) is 152 Å². The van der Waals surface area contributed by atoms with Crippen molar-refractivity contribution < 1.29 is 13.3 Å². The lowest BCUT2D eigenvalue weighted by Gasteiger charge is -2.61. The first kappa shape index (κ1) is 29.5. The van der Waals surface area contributed by atoms with Gasteiger partial charge in [0, 0.05) is 18.1 Å². The largest absolute Gasteiger partial charge is 0.415 e. The van der Waals surface area contributed by atoms with Crippen LogP contribution in [0.1, 0.15) is 72.1 Å². The SMILES string of the molecule is C[C@H](O[Si](C)(C)C)[C@H]1[C@H](O[Si](C)(C)C)CC2C3CC[C@H]4C[C@H](O[Si](C)(C)C)CC[C@]4(C)C3CC[C@@]21C. The Labute approximate surface area is 227 Å². The van der Waals surface area contributed by atoms with E-state index < -0.39 is 25.0 Å². The van der Waals surface area contributed by atoms with Crippen molar-refractivity contribution in [3.05, 3.63) is 0 Å². The molecule has 0 aromatic heterocycles. The molecular formula is C30H60O3Si3. The van der Waals surface area contributed by atoms with E-state index in [1.54, 1.807) is 0 Å². The summed E-state index contributed by atoms with van der Waals surface area (Å²) in [6.45, 7) is 29.0. The molecule has 0 bridgehead atoms. The molecule has 0 aromatic rings. The first-order valence-electron chi connectivity index (χ1n) is 15.4. The van der Waals surface area contributed by atoms with Crippen molar-refractivity contribution in [1.82, 2.24) is 0 Å². The Morgan fingerprint density at radius 1 is 0.667 bits per heavy atom. The minimum absolute atomic E-state index is 0.297. The predicted molar refractivity (Wildman–Crippen MR) is 161 cm³/mol. The fourth-order valence-corrected chi connectivity index (χ4v) is 13.5. The third-order valence-corrected chi connectivity index (χ3v) is 13.9. The molecule has 0 saturated heterocycles. The van der Waals surface area contributed by atoms with E-state index in [1.165, 1.54) is 51.4 Å². The topological polar surface area (TPSA) is 27.7 Å². The molecule has 6 heteroatoms. The molecule has 4 saturated carbocycles. The third kappa shape index (κ3) is 5.99. The van der Waals surface area contributed by atoms with Gasteiger partial charge in [-0.25, -0.2) is 0 Å². The second kappa shape index (κ2) is 9.87. The number of rotatable bonds is 7. The minimum atomic E-state index is -1.63. The summed E-state index contributed by atoms with van der Waals surface area (Å²) in [5, 5.41) is 0. The van der Waals surface area contributed by atoms with E-state index in [0.717, 1.165) is 23.7 Å². The van der Waals surface area contributed by atoms with Crippen LogP contribution < -0.4 is 0 Å². The summed E-state index contributed by atoms with van der Waals surface area (Å²) < 4.78 is 20.5. The molecule has 0 spiro atoms. The van der Waals surface area contributed by atoms with Crippen LogP contribution in [0.2, 0.25) is 58.9 Å². The second-order valence-corrected chi connectivity index (χ2v) is 30.2.